The van der Waals surface area contributed by atoms with E-state index in [0.29, 0.717) is 10.6 Å². The van der Waals surface area contributed by atoms with Crippen LogP contribution in [-0.4, -0.2) is 4.89 Å². The van der Waals surface area contributed by atoms with E-state index in [-0.39, 0.29) is 0 Å². The summed E-state index contributed by atoms with van der Waals surface area (Å²) >= 11 is 0. The smallest absolute Gasteiger partial charge is 0.259 e. The first-order chi connectivity index (χ1) is 8.01. The van der Waals surface area contributed by atoms with Crippen molar-refractivity contribution >= 4 is 18.0 Å². The van der Waals surface area contributed by atoms with Gasteiger partial charge in [-0.25, -0.2) is 0 Å². The lowest BCUT2D eigenvalue weighted by Crippen LogP contribution is -2.18. The molecule has 1 N–H and O–H groups in total. The van der Waals surface area contributed by atoms with Crippen molar-refractivity contribution in [2.24, 2.45) is 0 Å². The third-order valence-electron chi connectivity index (χ3n) is 2.80. The van der Waals surface area contributed by atoms with Gasteiger partial charge in [-0.1, -0.05) is 35.9 Å². The Balaban J connectivity index is 2.60. The molecular formula is C14H15O2P. The number of hydrogen-bond acceptors (Lipinski definition) is 1. The van der Waals surface area contributed by atoms with E-state index in [1.165, 1.54) is 0 Å². The molecule has 0 saturated carbocycles. The summed E-state index contributed by atoms with van der Waals surface area (Å²) in [6.07, 6.45) is 0. The lowest BCUT2D eigenvalue weighted by Gasteiger charge is -2.15. The Kier molecular flexibility index (Phi) is 3.19. The van der Waals surface area contributed by atoms with Crippen LogP contribution in [0.25, 0.3) is 0 Å². The molecule has 0 heterocycles. The molecule has 0 aliphatic carbocycles. The predicted molar refractivity (Wildman–Crippen MR) is 71.5 cm³/mol. The lowest BCUT2D eigenvalue weighted by atomic mass is 10.2. The minimum atomic E-state index is -3.46. The first-order valence-electron chi connectivity index (χ1n) is 5.48. The second kappa shape index (κ2) is 4.48. The average Bonchev–Trinajstić information content (AvgIpc) is 2.33. The summed E-state index contributed by atoms with van der Waals surface area (Å²) in [4.78, 5) is 10.3. The van der Waals surface area contributed by atoms with E-state index in [4.69, 9.17) is 0 Å². The van der Waals surface area contributed by atoms with Gasteiger partial charge in [0, 0.05) is 10.6 Å². The van der Waals surface area contributed by atoms with E-state index in [9.17, 15) is 9.46 Å². The van der Waals surface area contributed by atoms with Gasteiger partial charge in [0.15, 0.2) is 0 Å². The second-order valence-electron chi connectivity index (χ2n) is 4.20. The zero-order valence-electron chi connectivity index (χ0n) is 9.92. The van der Waals surface area contributed by atoms with Gasteiger partial charge in [-0.15, -0.1) is 0 Å². The van der Waals surface area contributed by atoms with Crippen LogP contribution in [0, 0.1) is 13.8 Å². The first kappa shape index (κ1) is 12.1. The molecule has 0 radical (unpaired) electrons. The van der Waals surface area contributed by atoms with Gasteiger partial charge in [0.2, 0.25) is 0 Å². The van der Waals surface area contributed by atoms with Gasteiger partial charge in [-0.05, 0) is 37.6 Å². The zero-order chi connectivity index (χ0) is 12.5. The fourth-order valence-corrected chi connectivity index (χ4v) is 3.60. The second-order valence-corrected chi connectivity index (χ2v) is 6.35. The SMILES string of the molecule is Cc1ccc(C)c(P(=O)(O)c2ccccc2)c1. The monoisotopic (exact) mass is 246 g/mol. The molecule has 2 aromatic rings. The van der Waals surface area contributed by atoms with Crippen LogP contribution in [0.15, 0.2) is 48.5 Å². The molecule has 2 aromatic carbocycles. The maximum absolute atomic E-state index is 12.5. The van der Waals surface area contributed by atoms with Crippen LogP contribution in [0.3, 0.4) is 0 Å². The molecule has 0 bridgehead atoms. The lowest BCUT2D eigenvalue weighted by molar-refractivity contribution is 0.501. The standard InChI is InChI=1S/C14H15O2P/c1-11-8-9-12(2)14(10-11)17(15,16)13-6-4-3-5-7-13/h3-10H,1-2H3,(H,15,16). The summed E-state index contributed by atoms with van der Waals surface area (Å²) in [5.41, 5.74) is 1.85. The molecule has 2 nitrogen and oxygen atoms in total. The van der Waals surface area contributed by atoms with Crippen molar-refractivity contribution in [1.82, 2.24) is 0 Å². The molecule has 0 aliphatic rings. The van der Waals surface area contributed by atoms with Crippen LogP contribution in [0.5, 0.6) is 0 Å². The Morgan fingerprint density at radius 2 is 1.65 bits per heavy atom. The van der Waals surface area contributed by atoms with E-state index in [2.05, 4.69) is 0 Å². The molecule has 0 spiro atoms. The highest BCUT2D eigenvalue weighted by Gasteiger charge is 2.25. The van der Waals surface area contributed by atoms with Gasteiger partial charge in [-0.3, -0.25) is 4.57 Å². The van der Waals surface area contributed by atoms with Gasteiger partial charge >= 0.3 is 0 Å². The fraction of sp³-hybridized carbons (Fsp3) is 0.143. The highest BCUT2D eigenvalue weighted by Crippen LogP contribution is 2.39. The Morgan fingerprint density at radius 3 is 2.29 bits per heavy atom. The summed E-state index contributed by atoms with van der Waals surface area (Å²) in [5, 5.41) is 1.01. The van der Waals surface area contributed by atoms with Gasteiger partial charge in [0.05, 0.1) is 0 Å². The maximum Gasteiger partial charge on any atom is 0.259 e. The van der Waals surface area contributed by atoms with Crippen molar-refractivity contribution in [3.63, 3.8) is 0 Å². The molecule has 88 valence electrons. The van der Waals surface area contributed by atoms with Gasteiger partial charge in [0.1, 0.15) is 0 Å². The molecule has 2 rings (SSSR count). The molecule has 0 saturated heterocycles. The van der Waals surface area contributed by atoms with E-state index >= 15 is 0 Å². The predicted octanol–water partition coefficient (Wildman–Crippen LogP) is 2.52. The summed E-state index contributed by atoms with van der Waals surface area (Å²) < 4.78 is 12.5. The van der Waals surface area contributed by atoms with Crippen LogP contribution in [-0.2, 0) is 4.57 Å². The molecule has 0 aliphatic heterocycles. The van der Waals surface area contributed by atoms with Crippen molar-refractivity contribution in [3.05, 3.63) is 59.7 Å². The Bertz CT molecular complexity index is 576. The highest BCUT2D eigenvalue weighted by molar-refractivity contribution is 7.73. The summed E-state index contributed by atoms with van der Waals surface area (Å²) in [6.45, 7) is 3.79. The minimum absolute atomic E-state index is 0.480. The summed E-state index contributed by atoms with van der Waals surface area (Å²) in [7, 11) is -3.46. The van der Waals surface area contributed by atoms with Crippen LogP contribution < -0.4 is 10.6 Å². The van der Waals surface area contributed by atoms with Crippen molar-refractivity contribution < 1.29 is 9.46 Å². The molecular weight excluding hydrogens is 231 g/mol. The average molecular weight is 246 g/mol. The molecule has 17 heavy (non-hydrogen) atoms. The molecule has 0 aromatic heterocycles. The van der Waals surface area contributed by atoms with E-state index in [1.54, 1.807) is 30.3 Å². The van der Waals surface area contributed by atoms with E-state index < -0.39 is 7.37 Å². The van der Waals surface area contributed by atoms with Crippen LogP contribution >= 0.6 is 7.37 Å². The Labute approximate surface area is 101 Å². The molecule has 1 unspecified atom stereocenters. The number of rotatable bonds is 2. The van der Waals surface area contributed by atoms with Crippen molar-refractivity contribution in [3.8, 4) is 0 Å². The van der Waals surface area contributed by atoms with Crippen molar-refractivity contribution in [1.29, 1.82) is 0 Å². The van der Waals surface area contributed by atoms with Gasteiger partial charge < -0.3 is 4.89 Å². The van der Waals surface area contributed by atoms with Crippen LogP contribution in [0.2, 0.25) is 0 Å². The number of benzene rings is 2. The van der Waals surface area contributed by atoms with Crippen molar-refractivity contribution in [2.75, 3.05) is 0 Å². The van der Waals surface area contributed by atoms with E-state index in [1.807, 2.05) is 32.0 Å². The highest BCUT2D eigenvalue weighted by atomic mass is 31.2. The fourth-order valence-electron chi connectivity index (χ4n) is 1.82. The summed E-state index contributed by atoms with van der Waals surface area (Å²) in [5.74, 6) is 0. The maximum atomic E-state index is 12.5. The van der Waals surface area contributed by atoms with Crippen LogP contribution in [0.1, 0.15) is 11.1 Å². The van der Waals surface area contributed by atoms with Crippen LogP contribution in [0.4, 0.5) is 0 Å². The topological polar surface area (TPSA) is 37.3 Å². The van der Waals surface area contributed by atoms with Gasteiger partial charge in [-0.2, -0.15) is 0 Å². The Morgan fingerprint density at radius 1 is 1.00 bits per heavy atom. The van der Waals surface area contributed by atoms with Gasteiger partial charge in [0.25, 0.3) is 7.37 Å². The van der Waals surface area contributed by atoms with Crippen molar-refractivity contribution in [2.45, 2.75) is 13.8 Å². The van der Waals surface area contributed by atoms with E-state index in [0.717, 1.165) is 11.1 Å². The molecule has 1 atom stereocenters. The third kappa shape index (κ3) is 2.33. The number of aryl methyl sites for hydroxylation is 2. The zero-order valence-corrected chi connectivity index (χ0v) is 10.8. The minimum Gasteiger partial charge on any atom is -0.338 e. The largest absolute Gasteiger partial charge is 0.338 e. The third-order valence-corrected chi connectivity index (χ3v) is 4.93. The first-order valence-corrected chi connectivity index (χ1v) is 7.14. The molecule has 0 amide bonds. The number of hydrogen-bond donors (Lipinski definition) is 1. The summed E-state index contributed by atoms with van der Waals surface area (Å²) in [6, 6.07) is 14.4. The molecule has 3 heteroatoms. The normalized spacial score (nSPS) is 14.3. The Hall–Kier alpha value is -1.37. The molecule has 0 fully saturated rings. The quantitative estimate of drug-likeness (QED) is 0.827.